The fourth-order valence-electron chi connectivity index (χ4n) is 3.36. The maximum atomic E-state index is 14.1. The van der Waals surface area contributed by atoms with Gasteiger partial charge in [-0.3, -0.25) is 0 Å². The van der Waals surface area contributed by atoms with Crippen molar-refractivity contribution in [3.8, 4) is 23.3 Å². The van der Waals surface area contributed by atoms with E-state index in [9.17, 15) is 9.65 Å². The Morgan fingerprint density at radius 3 is 2.67 bits per heavy atom. The molecule has 0 amide bonds. The monoisotopic (exact) mass is 360 g/mol. The first-order valence-electron chi connectivity index (χ1n) is 8.54. The van der Waals surface area contributed by atoms with Gasteiger partial charge in [0.2, 0.25) is 6.79 Å². The summed E-state index contributed by atoms with van der Waals surface area (Å²) in [5.41, 5.74) is 4.36. The van der Waals surface area contributed by atoms with E-state index in [1.807, 2.05) is 38.1 Å². The minimum Gasteiger partial charge on any atom is -0.454 e. The van der Waals surface area contributed by atoms with Crippen LogP contribution in [-0.2, 0) is 0 Å². The van der Waals surface area contributed by atoms with Crippen molar-refractivity contribution < 1.29 is 13.9 Å². The third-order valence-corrected chi connectivity index (χ3v) is 4.67. The summed E-state index contributed by atoms with van der Waals surface area (Å²) in [7, 11) is 0. The lowest BCUT2D eigenvalue weighted by Crippen LogP contribution is -1.99. The fourth-order valence-corrected chi connectivity index (χ4v) is 3.36. The van der Waals surface area contributed by atoms with E-state index in [1.165, 1.54) is 6.07 Å². The van der Waals surface area contributed by atoms with Crippen LogP contribution >= 0.6 is 0 Å². The van der Waals surface area contributed by atoms with E-state index >= 15 is 0 Å². The Bertz CT molecular complexity index is 1110. The highest BCUT2D eigenvalue weighted by molar-refractivity contribution is 5.90. The predicted molar refractivity (Wildman–Crippen MR) is 101 cm³/mol. The zero-order valence-electron chi connectivity index (χ0n) is 15.0. The first-order valence-corrected chi connectivity index (χ1v) is 8.54. The summed E-state index contributed by atoms with van der Waals surface area (Å²) in [4.78, 5) is 0. The van der Waals surface area contributed by atoms with Crippen molar-refractivity contribution in [3.63, 3.8) is 0 Å². The van der Waals surface area contributed by atoms with Gasteiger partial charge in [0.05, 0.1) is 11.6 Å². The molecule has 0 atom stereocenters. The lowest BCUT2D eigenvalue weighted by Gasteiger charge is -2.10. The average molecular weight is 360 g/mol. The maximum absolute atomic E-state index is 14.1. The highest BCUT2D eigenvalue weighted by Gasteiger charge is 2.17. The number of rotatable bonds is 3. The Balaban J connectivity index is 1.79. The number of ether oxygens (including phenoxy) is 2. The normalized spacial score (nSPS) is 12.9. The van der Waals surface area contributed by atoms with Crippen molar-refractivity contribution in [2.75, 3.05) is 6.79 Å². The molecule has 0 fully saturated rings. The summed E-state index contributed by atoms with van der Waals surface area (Å²) >= 11 is 0. The second kappa shape index (κ2) is 6.65. The van der Waals surface area contributed by atoms with E-state index in [-0.39, 0.29) is 6.79 Å². The highest BCUT2D eigenvalue weighted by atomic mass is 19.1. The van der Waals surface area contributed by atoms with Crippen molar-refractivity contribution in [2.45, 2.75) is 13.8 Å². The van der Waals surface area contributed by atoms with Crippen LogP contribution in [0.4, 0.5) is 4.39 Å². The average Bonchev–Trinajstić information content (AvgIpc) is 3.24. The van der Waals surface area contributed by atoms with Crippen LogP contribution in [0.5, 0.6) is 11.5 Å². The Kier molecular flexibility index (Phi) is 4.17. The molecule has 0 saturated heterocycles. The Labute approximate surface area is 156 Å². The van der Waals surface area contributed by atoms with Gasteiger partial charge in [0, 0.05) is 28.7 Å². The topological polar surface area (TPSA) is 47.2 Å². The van der Waals surface area contributed by atoms with Gasteiger partial charge in [-0.2, -0.15) is 5.26 Å². The van der Waals surface area contributed by atoms with Gasteiger partial charge < -0.3 is 14.0 Å². The van der Waals surface area contributed by atoms with E-state index in [2.05, 4.69) is 10.6 Å². The van der Waals surface area contributed by atoms with Gasteiger partial charge in [0.25, 0.3) is 0 Å². The third-order valence-electron chi connectivity index (χ3n) is 4.67. The number of benzene rings is 2. The molecule has 4 rings (SSSR count). The standard InChI is InChI=1S/C22H17FN2O2/c1-14-9-16(10-17(12-24)19-5-3-4-6-20(19)23)15(2)25(14)18-7-8-21-22(11-18)27-13-26-21/h3-11H,13H2,1-2H3/b17-10-. The number of fused-ring (bicyclic) bond motifs is 1. The van der Waals surface area contributed by atoms with Crippen molar-refractivity contribution >= 4 is 11.6 Å². The highest BCUT2D eigenvalue weighted by Crippen LogP contribution is 2.35. The molecule has 2 aromatic carbocycles. The minimum atomic E-state index is -0.408. The molecule has 2 heterocycles. The number of aromatic nitrogens is 1. The van der Waals surface area contributed by atoms with Gasteiger partial charge in [-0.15, -0.1) is 0 Å². The van der Waals surface area contributed by atoms with Crippen molar-refractivity contribution in [1.29, 1.82) is 5.26 Å². The molecule has 0 saturated carbocycles. The second-order valence-electron chi connectivity index (χ2n) is 6.35. The summed E-state index contributed by atoms with van der Waals surface area (Å²) in [5, 5.41) is 9.53. The number of aryl methyl sites for hydroxylation is 1. The van der Waals surface area contributed by atoms with Crippen molar-refractivity contribution in [2.24, 2.45) is 0 Å². The molecule has 1 aliphatic heterocycles. The van der Waals surface area contributed by atoms with Gasteiger partial charge >= 0.3 is 0 Å². The summed E-state index contributed by atoms with van der Waals surface area (Å²) < 4.78 is 27.0. The first-order chi connectivity index (χ1) is 13.1. The second-order valence-corrected chi connectivity index (χ2v) is 6.35. The van der Waals surface area contributed by atoms with E-state index in [0.717, 1.165) is 28.4 Å². The first kappa shape index (κ1) is 16.9. The van der Waals surface area contributed by atoms with Crippen LogP contribution in [-0.4, -0.2) is 11.4 Å². The van der Waals surface area contributed by atoms with E-state index in [4.69, 9.17) is 9.47 Å². The molecule has 27 heavy (non-hydrogen) atoms. The lowest BCUT2D eigenvalue weighted by molar-refractivity contribution is 0.174. The molecule has 4 nitrogen and oxygen atoms in total. The van der Waals surface area contributed by atoms with Crippen LogP contribution in [0.15, 0.2) is 48.5 Å². The summed E-state index contributed by atoms with van der Waals surface area (Å²) in [6.45, 7) is 4.19. The molecule has 0 radical (unpaired) electrons. The number of allylic oxidation sites excluding steroid dienone is 1. The molecule has 0 spiro atoms. The number of nitriles is 1. The molecule has 5 heteroatoms. The molecule has 1 aromatic heterocycles. The molecule has 0 N–H and O–H groups in total. The fraction of sp³-hybridized carbons (Fsp3) is 0.136. The van der Waals surface area contributed by atoms with Gasteiger partial charge in [-0.05, 0) is 49.8 Å². The Hall–Kier alpha value is -3.52. The van der Waals surface area contributed by atoms with Crippen molar-refractivity contribution in [1.82, 2.24) is 4.57 Å². The SMILES string of the molecule is Cc1cc(/C=C(/C#N)c2ccccc2F)c(C)n1-c1ccc2c(c1)OCO2. The quantitative estimate of drug-likeness (QED) is 0.616. The van der Waals surface area contributed by atoms with Gasteiger partial charge in [-0.1, -0.05) is 18.2 Å². The summed E-state index contributed by atoms with van der Waals surface area (Å²) in [6, 6.07) is 16.2. The predicted octanol–water partition coefficient (Wildman–Crippen LogP) is 5.03. The lowest BCUT2D eigenvalue weighted by atomic mass is 10.0. The molecule has 134 valence electrons. The molecular formula is C22H17FN2O2. The van der Waals surface area contributed by atoms with Gasteiger partial charge in [0.15, 0.2) is 11.5 Å². The zero-order chi connectivity index (χ0) is 19.0. The van der Waals surface area contributed by atoms with Crippen LogP contribution in [0.1, 0.15) is 22.5 Å². The third kappa shape index (κ3) is 2.96. The van der Waals surface area contributed by atoms with Crippen LogP contribution in [0.3, 0.4) is 0 Å². The van der Waals surface area contributed by atoms with Gasteiger partial charge in [-0.25, -0.2) is 4.39 Å². The van der Waals surface area contributed by atoms with Crippen LogP contribution in [0, 0.1) is 31.0 Å². The van der Waals surface area contributed by atoms with Gasteiger partial charge in [0.1, 0.15) is 5.82 Å². The van der Waals surface area contributed by atoms with E-state index in [0.29, 0.717) is 16.9 Å². The molecule has 3 aromatic rings. The molecule has 1 aliphatic rings. The Morgan fingerprint density at radius 2 is 1.89 bits per heavy atom. The molecular weight excluding hydrogens is 343 g/mol. The number of halogens is 1. The number of hydrogen-bond donors (Lipinski definition) is 0. The minimum absolute atomic E-state index is 0.227. The molecule has 0 unspecified atom stereocenters. The molecule has 0 bridgehead atoms. The number of hydrogen-bond acceptors (Lipinski definition) is 3. The van der Waals surface area contributed by atoms with Crippen LogP contribution in [0.2, 0.25) is 0 Å². The Morgan fingerprint density at radius 1 is 1.11 bits per heavy atom. The maximum Gasteiger partial charge on any atom is 0.231 e. The summed E-state index contributed by atoms with van der Waals surface area (Å²) in [6.07, 6.45) is 1.73. The van der Waals surface area contributed by atoms with E-state index < -0.39 is 5.82 Å². The largest absolute Gasteiger partial charge is 0.454 e. The van der Waals surface area contributed by atoms with Crippen molar-refractivity contribution in [3.05, 3.63) is 76.9 Å². The zero-order valence-corrected chi connectivity index (χ0v) is 15.0. The summed E-state index contributed by atoms with van der Waals surface area (Å²) in [5.74, 6) is 1.03. The molecule has 0 aliphatic carbocycles. The number of nitrogens with zero attached hydrogens (tertiary/aromatic N) is 2. The van der Waals surface area contributed by atoms with Crippen LogP contribution in [0.25, 0.3) is 17.3 Å². The smallest absolute Gasteiger partial charge is 0.231 e. The van der Waals surface area contributed by atoms with Crippen LogP contribution < -0.4 is 9.47 Å². The van der Waals surface area contributed by atoms with E-state index in [1.54, 1.807) is 24.3 Å².